The Hall–Kier alpha value is -2.04. The second-order valence-electron chi connectivity index (χ2n) is 6.11. The lowest BCUT2D eigenvalue weighted by Crippen LogP contribution is -2.19. The third-order valence-electron chi connectivity index (χ3n) is 4.38. The van der Waals surface area contributed by atoms with Gasteiger partial charge in [-0.05, 0) is 31.2 Å². The van der Waals surface area contributed by atoms with Crippen molar-refractivity contribution in [1.82, 2.24) is 9.97 Å². The zero-order valence-electron chi connectivity index (χ0n) is 15.2. The maximum absolute atomic E-state index is 12.8. The number of esters is 1. The van der Waals surface area contributed by atoms with Crippen molar-refractivity contribution < 1.29 is 22.7 Å². The van der Waals surface area contributed by atoms with Crippen LogP contribution in [-0.4, -0.2) is 43.1 Å². The summed E-state index contributed by atoms with van der Waals surface area (Å²) in [6.45, 7) is 1.45. The van der Waals surface area contributed by atoms with E-state index in [4.69, 9.17) is 16.3 Å². The van der Waals surface area contributed by atoms with Gasteiger partial charge < -0.3 is 10.1 Å². The SMILES string of the molecule is CCS(=O)(=O)c1ncc(Cl)c(C(=O)Nc2sc3c(c2C(=O)OC)CCCC3)n1. The smallest absolute Gasteiger partial charge is 0.341 e. The number of nitrogens with one attached hydrogen (secondary N) is 1. The van der Waals surface area contributed by atoms with Gasteiger partial charge in [-0.25, -0.2) is 23.2 Å². The van der Waals surface area contributed by atoms with E-state index in [2.05, 4.69) is 15.3 Å². The van der Waals surface area contributed by atoms with Gasteiger partial charge in [-0.2, -0.15) is 0 Å². The Bertz CT molecular complexity index is 1050. The van der Waals surface area contributed by atoms with E-state index >= 15 is 0 Å². The number of fused-ring (bicyclic) bond motifs is 1. The molecule has 8 nitrogen and oxygen atoms in total. The van der Waals surface area contributed by atoms with E-state index in [-0.39, 0.29) is 16.5 Å². The number of carbonyl (C=O) groups excluding carboxylic acids is 2. The van der Waals surface area contributed by atoms with Crippen LogP contribution in [0.1, 0.15) is 51.1 Å². The lowest BCUT2D eigenvalue weighted by molar-refractivity contribution is 0.0601. The number of amides is 1. The summed E-state index contributed by atoms with van der Waals surface area (Å²) in [7, 11) is -2.42. The molecular weight excluding hydrogens is 426 g/mol. The molecule has 0 saturated heterocycles. The number of aryl methyl sites for hydroxylation is 1. The maximum atomic E-state index is 12.8. The standard InChI is InChI=1S/C17H18ClN3O5S2/c1-3-28(24,25)17-19-8-10(18)13(20-17)14(22)21-15-12(16(23)26-2)9-6-4-5-7-11(9)27-15/h8H,3-7H2,1-2H3,(H,21,22). The van der Waals surface area contributed by atoms with Crippen molar-refractivity contribution in [2.75, 3.05) is 18.2 Å². The highest BCUT2D eigenvalue weighted by molar-refractivity contribution is 7.91. The summed E-state index contributed by atoms with van der Waals surface area (Å²) in [6, 6.07) is 0. The maximum Gasteiger partial charge on any atom is 0.341 e. The molecule has 1 aliphatic carbocycles. The van der Waals surface area contributed by atoms with Crippen LogP contribution in [0.3, 0.4) is 0 Å². The molecule has 0 saturated carbocycles. The third kappa shape index (κ3) is 3.89. The van der Waals surface area contributed by atoms with Crippen molar-refractivity contribution in [3.63, 3.8) is 0 Å². The van der Waals surface area contributed by atoms with Crippen LogP contribution >= 0.6 is 22.9 Å². The Balaban J connectivity index is 1.99. The molecule has 0 unspecified atom stereocenters. The van der Waals surface area contributed by atoms with Gasteiger partial charge in [-0.15, -0.1) is 11.3 Å². The quantitative estimate of drug-likeness (QED) is 0.557. The Kier molecular flexibility index (Phi) is 6.01. The highest BCUT2D eigenvalue weighted by Gasteiger charge is 2.28. The van der Waals surface area contributed by atoms with Gasteiger partial charge in [0.15, 0.2) is 5.69 Å². The Morgan fingerprint density at radius 2 is 2.04 bits per heavy atom. The fourth-order valence-corrected chi connectivity index (χ4v) is 5.07. The van der Waals surface area contributed by atoms with Gasteiger partial charge in [0.25, 0.3) is 5.91 Å². The summed E-state index contributed by atoms with van der Waals surface area (Å²) < 4.78 is 28.9. The summed E-state index contributed by atoms with van der Waals surface area (Å²) in [6.07, 6.45) is 4.60. The monoisotopic (exact) mass is 443 g/mol. The van der Waals surface area contributed by atoms with E-state index in [1.807, 2.05) is 0 Å². The van der Waals surface area contributed by atoms with Gasteiger partial charge in [-0.3, -0.25) is 4.79 Å². The molecule has 0 aliphatic heterocycles. The lowest BCUT2D eigenvalue weighted by Gasteiger charge is -2.12. The fourth-order valence-electron chi connectivity index (χ4n) is 2.92. The van der Waals surface area contributed by atoms with Crippen LogP contribution in [0.2, 0.25) is 5.02 Å². The first kappa shape index (κ1) is 20.7. The van der Waals surface area contributed by atoms with E-state index in [1.54, 1.807) is 0 Å². The predicted octanol–water partition coefficient (Wildman–Crippen LogP) is 2.90. The molecule has 11 heteroatoms. The number of sulfone groups is 1. The van der Waals surface area contributed by atoms with Crippen LogP contribution in [0.5, 0.6) is 0 Å². The molecule has 0 bridgehead atoms. The minimum atomic E-state index is -3.70. The van der Waals surface area contributed by atoms with Crippen LogP contribution in [0.4, 0.5) is 5.00 Å². The van der Waals surface area contributed by atoms with Gasteiger partial charge >= 0.3 is 5.97 Å². The van der Waals surface area contributed by atoms with E-state index in [9.17, 15) is 18.0 Å². The molecule has 0 aromatic carbocycles. The highest BCUT2D eigenvalue weighted by atomic mass is 35.5. The van der Waals surface area contributed by atoms with Crippen LogP contribution in [0, 0.1) is 0 Å². The number of thiophene rings is 1. The lowest BCUT2D eigenvalue weighted by atomic mass is 9.95. The molecule has 2 aromatic heterocycles. The molecule has 28 heavy (non-hydrogen) atoms. The Morgan fingerprint density at radius 1 is 1.32 bits per heavy atom. The molecule has 1 aliphatic rings. The highest BCUT2D eigenvalue weighted by Crippen LogP contribution is 2.38. The van der Waals surface area contributed by atoms with Crippen molar-refractivity contribution >= 4 is 49.7 Å². The number of carbonyl (C=O) groups is 2. The van der Waals surface area contributed by atoms with Crippen molar-refractivity contribution in [2.24, 2.45) is 0 Å². The number of hydrogen-bond acceptors (Lipinski definition) is 8. The summed E-state index contributed by atoms with van der Waals surface area (Å²) in [4.78, 5) is 33.6. The number of methoxy groups -OCH3 is 1. The number of anilines is 1. The molecule has 0 atom stereocenters. The zero-order valence-corrected chi connectivity index (χ0v) is 17.6. The molecule has 150 valence electrons. The summed E-state index contributed by atoms with van der Waals surface area (Å²) in [5.74, 6) is -1.46. The van der Waals surface area contributed by atoms with Crippen LogP contribution < -0.4 is 5.32 Å². The van der Waals surface area contributed by atoms with Crippen molar-refractivity contribution in [3.05, 3.63) is 32.9 Å². The van der Waals surface area contributed by atoms with E-state index in [0.717, 1.165) is 42.3 Å². The van der Waals surface area contributed by atoms with E-state index < -0.39 is 26.9 Å². The average molecular weight is 444 g/mol. The molecule has 2 aromatic rings. The van der Waals surface area contributed by atoms with Crippen LogP contribution in [-0.2, 0) is 27.4 Å². The van der Waals surface area contributed by atoms with Gasteiger partial charge in [0.1, 0.15) is 5.00 Å². The predicted molar refractivity (Wildman–Crippen MR) is 105 cm³/mol. The van der Waals surface area contributed by atoms with Gasteiger partial charge in [0, 0.05) is 4.88 Å². The number of nitrogens with zero attached hydrogens (tertiary/aromatic N) is 2. The van der Waals surface area contributed by atoms with E-state index in [0.29, 0.717) is 10.6 Å². The average Bonchev–Trinajstić information content (AvgIpc) is 3.05. The van der Waals surface area contributed by atoms with Crippen LogP contribution in [0.25, 0.3) is 0 Å². The fraction of sp³-hybridized carbons (Fsp3) is 0.412. The molecule has 2 heterocycles. The number of rotatable bonds is 5. The molecule has 0 radical (unpaired) electrons. The number of hydrogen-bond donors (Lipinski definition) is 1. The van der Waals surface area contributed by atoms with Gasteiger partial charge in [-0.1, -0.05) is 18.5 Å². The Labute approximate surface area is 171 Å². The molecule has 0 spiro atoms. The second-order valence-corrected chi connectivity index (χ2v) is 9.80. The molecule has 1 N–H and O–H groups in total. The normalized spacial score (nSPS) is 13.7. The van der Waals surface area contributed by atoms with Crippen LogP contribution in [0.15, 0.2) is 11.4 Å². The number of halogens is 1. The van der Waals surface area contributed by atoms with Crippen molar-refractivity contribution in [3.8, 4) is 0 Å². The van der Waals surface area contributed by atoms with Gasteiger partial charge in [0.2, 0.25) is 15.0 Å². The van der Waals surface area contributed by atoms with Gasteiger partial charge in [0.05, 0.1) is 29.6 Å². The number of ether oxygens (including phenoxy) is 1. The first-order valence-electron chi connectivity index (χ1n) is 8.58. The second kappa shape index (κ2) is 8.14. The summed E-state index contributed by atoms with van der Waals surface area (Å²) in [5.41, 5.74) is 0.953. The molecule has 0 fully saturated rings. The number of aromatic nitrogens is 2. The van der Waals surface area contributed by atoms with Crippen molar-refractivity contribution in [1.29, 1.82) is 0 Å². The topological polar surface area (TPSA) is 115 Å². The molecule has 1 amide bonds. The minimum absolute atomic E-state index is 0.0894. The molecule has 3 rings (SSSR count). The molecular formula is C17H18ClN3O5S2. The largest absolute Gasteiger partial charge is 0.465 e. The zero-order chi connectivity index (χ0) is 20.5. The first-order valence-corrected chi connectivity index (χ1v) is 11.4. The first-order chi connectivity index (χ1) is 13.3. The summed E-state index contributed by atoms with van der Waals surface area (Å²) in [5, 5.41) is 2.43. The summed E-state index contributed by atoms with van der Waals surface area (Å²) >= 11 is 7.32. The van der Waals surface area contributed by atoms with Crippen molar-refractivity contribution in [2.45, 2.75) is 37.8 Å². The minimum Gasteiger partial charge on any atom is -0.465 e. The third-order valence-corrected chi connectivity index (χ3v) is 7.38. The van der Waals surface area contributed by atoms with E-state index in [1.165, 1.54) is 25.4 Å². The Morgan fingerprint density at radius 3 is 2.71 bits per heavy atom.